The molecule has 0 aromatic carbocycles. The third kappa shape index (κ3) is 2.83. The van der Waals surface area contributed by atoms with Crippen LogP contribution >= 0.6 is 0 Å². The van der Waals surface area contributed by atoms with Crippen molar-refractivity contribution in [2.45, 2.75) is 32.4 Å². The van der Waals surface area contributed by atoms with Gasteiger partial charge in [0.2, 0.25) is 0 Å². The number of piperidine rings is 1. The van der Waals surface area contributed by atoms with Crippen LogP contribution in [-0.2, 0) is 11.8 Å². The summed E-state index contributed by atoms with van der Waals surface area (Å²) in [5, 5.41) is 4.17. The summed E-state index contributed by atoms with van der Waals surface area (Å²) in [6.45, 7) is 7.36. The van der Waals surface area contributed by atoms with Gasteiger partial charge in [-0.3, -0.25) is 10.1 Å². The third-order valence-electron chi connectivity index (χ3n) is 4.17. The Balaban J connectivity index is 1.47. The molecule has 0 bridgehead atoms. The second-order valence-electron chi connectivity index (χ2n) is 7.08. The fraction of sp³-hybridized carbons (Fsp3) is 0.714. The Bertz CT molecular complexity index is 547. The van der Waals surface area contributed by atoms with Crippen molar-refractivity contribution in [1.29, 1.82) is 0 Å². The van der Waals surface area contributed by atoms with Crippen molar-refractivity contribution in [2.24, 2.45) is 18.9 Å². The molecule has 8 nitrogen and oxygen atoms in total. The lowest BCUT2D eigenvalue weighted by molar-refractivity contribution is 0.0494. The zero-order chi connectivity index (χ0) is 16.1. The highest BCUT2D eigenvalue weighted by Crippen LogP contribution is 2.47. The largest absolute Gasteiger partial charge is 0.443 e. The quantitative estimate of drug-likeness (QED) is 0.702. The molecule has 2 heterocycles. The van der Waals surface area contributed by atoms with E-state index in [1.165, 1.54) is 0 Å². The number of hydrazine groups is 1. The number of aryl methyl sites for hydroxylation is 1. The summed E-state index contributed by atoms with van der Waals surface area (Å²) >= 11 is 0. The van der Waals surface area contributed by atoms with Crippen LogP contribution in [0, 0.1) is 11.8 Å². The van der Waals surface area contributed by atoms with Gasteiger partial charge < -0.3 is 15.4 Å². The molecule has 4 N–H and O–H groups in total. The number of nitrogens with zero attached hydrogens (tertiary/aromatic N) is 3. The number of amides is 1. The van der Waals surface area contributed by atoms with E-state index in [2.05, 4.69) is 20.9 Å². The Morgan fingerprint density at radius 3 is 2.55 bits per heavy atom. The normalized spacial score (nSPS) is 26.7. The molecule has 122 valence electrons. The lowest BCUT2D eigenvalue weighted by atomic mass is 10.2. The summed E-state index contributed by atoms with van der Waals surface area (Å²) < 4.78 is 7.01. The number of hydrogen-bond donors (Lipinski definition) is 3. The first-order chi connectivity index (χ1) is 10.3. The lowest BCUT2D eigenvalue weighted by Gasteiger charge is -2.23. The fourth-order valence-electron chi connectivity index (χ4n) is 3.19. The Labute approximate surface area is 129 Å². The summed E-state index contributed by atoms with van der Waals surface area (Å²) in [6.07, 6.45) is 1.24. The van der Waals surface area contributed by atoms with Gasteiger partial charge in [0.1, 0.15) is 11.4 Å². The summed E-state index contributed by atoms with van der Waals surface area (Å²) in [7, 11) is 1.90. The van der Waals surface area contributed by atoms with Gasteiger partial charge in [0.25, 0.3) is 0 Å². The standard InChI is InChI=1S/C14H24N6O2/c1-14(2,3)22-13(21)18-17-11-8-6-20(7-9(8)11)12-10(15)5-16-19(12)4/h5,8-9,11,17H,6-7,15H2,1-4H3,(H,18,21). The smallest absolute Gasteiger partial charge is 0.422 e. The molecular formula is C14H24N6O2. The minimum atomic E-state index is -0.487. The average molecular weight is 308 g/mol. The highest BCUT2D eigenvalue weighted by Gasteiger charge is 2.56. The molecule has 8 heteroatoms. The Morgan fingerprint density at radius 2 is 2.05 bits per heavy atom. The molecule has 1 aromatic heterocycles. The fourth-order valence-corrected chi connectivity index (χ4v) is 3.19. The van der Waals surface area contributed by atoms with E-state index < -0.39 is 11.7 Å². The van der Waals surface area contributed by atoms with E-state index >= 15 is 0 Å². The number of ether oxygens (including phenoxy) is 1. The van der Waals surface area contributed by atoms with Crippen molar-refractivity contribution in [1.82, 2.24) is 20.6 Å². The van der Waals surface area contributed by atoms with E-state index in [1.807, 2.05) is 32.5 Å². The van der Waals surface area contributed by atoms with Crippen LogP contribution in [0.25, 0.3) is 0 Å². The van der Waals surface area contributed by atoms with Crippen molar-refractivity contribution >= 4 is 17.6 Å². The Morgan fingerprint density at radius 1 is 1.41 bits per heavy atom. The van der Waals surface area contributed by atoms with Gasteiger partial charge in [-0.25, -0.2) is 10.2 Å². The van der Waals surface area contributed by atoms with Crippen molar-refractivity contribution < 1.29 is 9.53 Å². The van der Waals surface area contributed by atoms with Crippen molar-refractivity contribution in [3.63, 3.8) is 0 Å². The predicted octanol–water partition coefficient (Wildman–Crippen LogP) is 0.466. The van der Waals surface area contributed by atoms with E-state index in [9.17, 15) is 4.79 Å². The predicted molar refractivity (Wildman–Crippen MR) is 83.1 cm³/mol. The minimum absolute atomic E-state index is 0.304. The molecule has 1 saturated carbocycles. The molecule has 2 atom stereocenters. The van der Waals surface area contributed by atoms with Crippen molar-refractivity contribution in [2.75, 3.05) is 23.7 Å². The van der Waals surface area contributed by atoms with Gasteiger partial charge in [-0.1, -0.05) is 0 Å². The van der Waals surface area contributed by atoms with E-state index in [1.54, 1.807) is 6.20 Å². The highest BCUT2D eigenvalue weighted by molar-refractivity contribution is 5.67. The maximum absolute atomic E-state index is 11.6. The van der Waals surface area contributed by atoms with E-state index in [0.717, 1.165) is 18.9 Å². The average Bonchev–Trinajstić information content (AvgIpc) is 2.71. The van der Waals surface area contributed by atoms with Crippen LogP contribution in [0.15, 0.2) is 6.20 Å². The first kappa shape index (κ1) is 15.0. The number of rotatable bonds is 3. The number of carbonyl (C=O) groups is 1. The first-order valence-electron chi connectivity index (χ1n) is 7.53. The molecule has 0 radical (unpaired) electrons. The number of anilines is 2. The molecular weight excluding hydrogens is 284 g/mol. The van der Waals surface area contributed by atoms with Crippen LogP contribution in [0.4, 0.5) is 16.3 Å². The Hall–Kier alpha value is -1.96. The van der Waals surface area contributed by atoms with Gasteiger partial charge in [-0.05, 0) is 32.6 Å². The van der Waals surface area contributed by atoms with Crippen LogP contribution in [0.2, 0.25) is 0 Å². The minimum Gasteiger partial charge on any atom is -0.443 e. The number of hydrogen-bond acceptors (Lipinski definition) is 6. The van der Waals surface area contributed by atoms with E-state index in [4.69, 9.17) is 10.5 Å². The molecule has 0 spiro atoms. The Kier molecular flexibility index (Phi) is 3.43. The number of aromatic nitrogens is 2. The van der Waals surface area contributed by atoms with Gasteiger partial charge >= 0.3 is 6.09 Å². The summed E-state index contributed by atoms with van der Waals surface area (Å²) in [5.74, 6) is 2.01. The van der Waals surface area contributed by atoms with Gasteiger partial charge in [0.05, 0.1) is 11.9 Å². The molecule has 1 aromatic rings. The number of fused-ring (bicyclic) bond motifs is 1. The van der Waals surface area contributed by atoms with Crippen LogP contribution in [-0.4, -0.2) is 40.6 Å². The molecule has 2 unspecified atom stereocenters. The molecule has 2 aliphatic rings. The molecule has 1 aliphatic heterocycles. The van der Waals surface area contributed by atoms with Crippen LogP contribution in [0.5, 0.6) is 0 Å². The van der Waals surface area contributed by atoms with Crippen LogP contribution in [0.3, 0.4) is 0 Å². The number of nitrogens with one attached hydrogen (secondary N) is 2. The molecule has 1 amide bonds. The first-order valence-corrected chi connectivity index (χ1v) is 7.53. The molecule has 1 aliphatic carbocycles. The third-order valence-corrected chi connectivity index (χ3v) is 4.17. The summed E-state index contributed by atoms with van der Waals surface area (Å²) in [4.78, 5) is 13.9. The van der Waals surface area contributed by atoms with Crippen molar-refractivity contribution in [3.8, 4) is 0 Å². The molecule has 22 heavy (non-hydrogen) atoms. The number of nitrogens with two attached hydrogens (primary N) is 1. The van der Waals surface area contributed by atoms with Crippen LogP contribution in [0.1, 0.15) is 20.8 Å². The number of carbonyl (C=O) groups excluding carboxylic acids is 1. The van der Waals surface area contributed by atoms with Gasteiger partial charge in [-0.2, -0.15) is 5.10 Å². The highest BCUT2D eigenvalue weighted by atomic mass is 16.6. The van der Waals surface area contributed by atoms with Gasteiger partial charge in [-0.15, -0.1) is 0 Å². The number of nitrogen functional groups attached to an aromatic ring is 1. The monoisotopic (exact) mass is 308 g/mol. The van der Waals surface area contributed by atoms with Gasteiger partial charge in [0, 0.05) is 26.2 Å². The SMILES string of the molecule is Cn1ncc(N)c1N1CC2C(C1)C2NNC(=O)OC(C)(C)C. The second kappa shape index (κ2) is 5.05. The summed E-state index contributed by atoms with van der Waals surface area (Å²) in [5.41, 5.74) is 11.9. The summed E-state index contributed by atoms with van der Waals surface area (Å²) in [6, 6.07) is 0.304. The maximum Gasteiger partial charge on any atom is 0.422 e. The lowest BCUT2D eigenvalue weighted by Crippen LogP contribution is -2.45. The molecule has 3 rings (SSSR count). The molecule has 1 saturated heterocycles. The second-order valence-corrected chi connectivity index (χ2v) is 7.08. The van der Waals surface area contributed by atoms with Crippen molar-refractivity contribution in [3.05, 3.63) is 6.20 Å². The maximum atomic E-state index is 11.6. The van der Waals surface area contributed by atoms with E-state index in [0.29, 0.717) is 23.6 Å². The topological polar surface area (TPSA) is 97.4 Å². The molecule has 2 fully saturated rings. The zero-order valence-electron chi connectivity index (χ0n) is 13.5. The van der Waals surface area contributed by atoms with Gasteiger partial charge in [0.15, 0.2) is 0 Å². The van der Waals surface area contributed by atoms with Crippen LogP contribution < -0.4 is 21.5 Å². The van der Waals surface area contributed by atoms with E-state index in [-0.39, 0.29) is 0 Å². The zero-order valence-corrected chi connectivity index (χ0v) is 13.5.